The molecule has 1 unspecified atom stereocenters. The van der Waals surface area contributed by atoms with Gasteiger partial charge in [-0.25, -0.2) is 0 Å². The van der Waals surface area contributed by atoms with Crippen LogP contribution in [0.4, 0.5) is 5.69 Å². The Morgan fingerprint density at radius 2 is 1.79 bits per heavy atom. The molecule has 0 amide bonds. The van der Waals surface area contributed by atoms with Gasteiger partial charge in [-0.05, 0) is 37.3 Å². The molecule has 0 aliphatic rings. The third-order valence-corrected chi connectivity index (χ3v) is 3.35. The van der Waals surface area contributed by atoms with Gasteiger partial charge in [0.25, 0.3) is 0 Å². The van der Waals surface area contributed by atoms with Crippen molar-refractivity contribution in [3.8, 4) is 11.5 Å². The number of anilines is 1. The molecule has 0 spiro atoms. The van der Waals surface area contributed by atoms with Crippen LogP contribution in [0, 0.1) is 0 Å². The maximum absolute atomic E-state index is 9.80. The molecule has 3 nitrogen and oxygen atoms in total. The summed E-state index contributed by atoms with van der Waals surface area (Å²) in [6.45, 7) is 1.88. The van der Waals surface area contributed by atoms with E-state index in [0.29, 0.717) is 21.3 Å². The average Bonchev–Trinajstić information content (AvgIpc) is 2.33. The molecule has 0 heterocycles. The highest BCUT2D eigenvalue weighted by Gasteiger charge is 2.12. The zero-order valence-electron chi connectivity index (χ0n) is 10.2. The van der Waals surface area contributed by atoms with Crippen molar-refractivity contribution in [2.24, 2.45) is 0 Å². The van der Waals surface area contributed by atoms with Crippen LogP contribution in [0.2, 0.25) is 10.0 Å². The molecule has 0 saturated heterocycles. The smallest absolute Gasteiger partial charge is 0.124 e. The molecule has 0 saturated carbocycles. The van der Waals surface area contributed by atoms with Crippen LogP contribution < -0.4 is 5.32 Å². The van der Waals surface area contributed by atoms with Crippen molar-refractivity contribution in [3.63, 3.8) is 0 Å². The highest BCUT2D eigenvalue weighted by atomic mass is 35.5. The lowest BCUT2D eigenvalue weighted by Gasteiger charge is -2.18. The minimum atomic E-state index is -0.184. The predicted octanol–water partition coefficient (Wildman–Crippen LogP) is 4.58. The van der Waals surface area contributed by atoms with Gasteiger partial charge >= 0.3 is 0 Å². The first-order chi connectivity index (χ1) is 8.97. The van der Waals surface area contributed by atoms with Crippen LogP contribution in [0.25, 0.3) is 0 Å². The number of aromatic hydroxyl groups is 2. The van der Waals surface area contributed by atoms with Gasteiger partial charge in [0.15, 0.2) is 0 Å². The third-order valence-electron chi connectivity index (χ3n) is 2.78. The van der Waals surface area contributed by atoms with Gasteiger partial charge in [0, 0.05) is 16.7 Å². The van der Waals surface area contributed by atoms with E-state index in [1.54, 1.807) is 24.3 Å². The van der Waals surface area contributed by atoms with E-state index < -0.39 is 0 Å². The van der Waals surface area contributed by atoms with E-state index in [4.69, 9.17) is 23.2 Å². The van der Waals surface area contributed by atoms with Gasteiger partial charge in [-0.1, -0.05) is 23.2 Å². The lowest BCUT2D eigenvalue weighted by Crippen LogP contribution is -2.07. The highest BCUT2D eigenvalue weighted by Crippen LogP contribution is 2.33. The second kappa shape index (κ2) is 5.59. The average molecular weight is 298 g/mol. The maximum Gasteiger partial charge on any atom is 0.124 e. The molecule has 2 aromatic rings. The second-order valence-corrected chi connectivity index (χ2v) is 5.08. The quantitative estimate of drug-likeness (QED) is 0.777. The Bertz CT molecular complexity index is 602. The van der Waals surface area contributed by atoms with Crippen LogP contribution in [0.15, 0.2) is 36.4 Å². The minimum Gasteiger partial charge on any atom is -0.508 e. The molecule has 0 fully saturated rings. The molecule has 0 bridgehead atoms. The number of hydrogen-bond acceptors (Lipinski definition) is 3. The summed E-state index contributed by atoms with van der Waals surface area (Å²) in [4.78, 5) is 0. The summed E-state index contributed by atoms with van der Waals surface area (Å²) in [6.07, 6.45) is 0. The summed E-state index contributed by atoms with van der Waals surface area (Å²) in [5.41, 5.74) is 1.35. The van der Waals surface area contributed by atoms with E-state index in [0.717, 1.165) is 0 Å². The standard InChI is InChI=1S/C14H13Cl2NO2/c1-8(11-4-3-10(18)7-14(11)19)17-13-6-9(15)2-5-12(13)16/h2-8,17-19H,1H3. The number of hydrogen-bond donors (Lipinski definition) is 3. The van der Waals surface area contributed by atoms with Crippen molar-refractivity contribution in [2.45, 2.75) is 13.0 Å². The van der Waals surface area contributed by atoms with Gasteiger partial charge in [-0.3, -0.25) is 0 Å². The summed E-state index contributed by atoms with van der Waals surface area (Å²) in [5.74, 6) is 0.0485. The SMILES string of the molecule is CC(Nc1cc(Cl)ccc1Cl)c1ccc(O)cc1O. The number of nitrogens with one attached hydrogen (secondary N) is 1. The zero-order chi connectivity index (χ0) is 14.0. The van der Waals surface area contributed by atoms with Crippen LogP contribution in [0.5, 0.6) is 11.5 Å². The first kappa shape index (κ1) is 13.8. The molecule has 3 N–H and O–H groups in total. The molecule has 0 aliphatic heterocycles. The van der Waals surface area contributed by atoms with Gasteiger partial charge in [-0.15, -0.1) is 0 Å². The van der Waals surface area contributed by atoms with E-state index in [-0.39, 0.29) is 17.5 Å². The molecule has 0 aromatic heterocycles. The van der Waals surface area contributed by atoms with Crippen molar-refractivity contribution in [3.05, 3.63) is 52.0 Å². The van der Waals surface area contributed by atoms with Crippen molar-refractivity contribution < 1.29 is 10.2 Å². The van der Waals surface area contributed by atoms with E-state index in [9.17, 15) is 10.2 Å². The fourth-order valence-corrected chi connectivity index (χ4v) is 2.16. The van der Waals surface area contributed by atoms with Crippen LogP contribution in [-0.4, -0.2) is 10.2 Å². The first-order valence-electron chi connectivity index (χ1n) is 5.71. The molecule has 1 atom stereocenters. The molecule has 0 radical (unpaired) electrons. The number of rotatable bonds is 3. The molecule has 5 heteroatoms. The lowest BCUT2D eigenvalue weighted by molar-refractivity contribution is 0.444. The van der Waals surface area contributed by atoms with Crippen molar-refractivity contribution >= 4 is 28.9 Å². The number of phenolic OH excluding ortho intramolecular Hbond substituents is 2. The third kappa shape index (κ3) is 3.25. The Labute approximate surface area is 121 Å². The largest absolute Gasteiger partial charge is 0.508 e. The molecule has 2 rings (SSSR count). The van der Waals surface area contributed by atoms with Gasteiger partial charge in [0.2, 0.25) is 0 Å². The summed E-state index contributed by atoms with van der Waals surface area (Å²) in [6, 6.07) is 9.42. The van der Waals surface area contributed by atoms with Crippen LogP contribution in [0.1, 0.15) is 18.5 Å². The molecular weight excluding hydrogens is 285 g/mol. The van der Waals surface area contributed by atoms with Crippen LogP contribution in [-0.2, 0) is 0 Å². The van der Waals surface area contributed by atoms with E-state index in [2.05, 4.69) is 5.32 Å². The first-order valence-corrected chi connectivity index (χ1v) is 6.46. The monoisotopic (exact) mass is 297 g/mol. The summed E-state index contributed by atoms with van der Waals surface area (Å²) < 4.78 is 0. The topological polar surface area (TPSA) is 52.5 Å². The molecule has 0 aliphatic carbocycles. The Morgan fingerprint density at radius 3 is 2.47 bits per heavy atom. The van der Waals surface area contributed by atoms with E-state index >= 15 is 0 Å². The van der Waals surface area contributed by atoms with Crippen LogP contribution in [0.3, 0.4) is 0 Å². The van der Waals surface area contributed by atoms with Gasteiger partial charge in [0.05, 0.1) is 16.8 Å². The van der Waals surface area contributed by atoms with Crippen molar-refractivity contribution in [1.29, 1.82) is 0 Å². The van der Waals surface area contributed by atoms with Crippen molar-refractivity contribution in [2.75, 3.05) is 5.32 Å². The normalized spacial score (nSPS) is 12.2. The molecular formula is C14H13Cl2NO2. The van der Waals surface area contributed by atoms with E-state index in [1.165, 1.54) is 12.1 Å². The van der Waals surface area contributed by atoms with Crippen molar-refractivity contribution in [1.82, 2.24) is 0 Å². The van der Waals surface area contributed by atoms with Gasteiger partial charge < -0.3 is 15.5 Å². The molecule has 19 heavy (non-hydrogen) atoms. The Balaban J connectivity index is 2.25. The Kier molecular flexibility index (Phi) is 4.08. The van der Waals surface area contributed by atoms with Crippen LogP contribution >= 0.6 is 23.2 Å². The fourth-order valence-electron chi connectivity index (χ4n) is 1.82. The molecule has 100 valence electrons. The minimum absolute atomic E-state index is 0.0224. The predicted molar refractivity (Wildman–Crippen MR) is 78.3 cm³/mol. The zero-order valence-corrected chi connectivity index (χ0v) is 11.7. The highest BCUT2D eigenvalue weighted by molar-refractivity contribution is 6.35. The number of phenols is 2. The van der Waals surface area contributed by atoms with E-state index in [1.807, 2.05) is 6.92 Å². The number of benzene rings is 2. The van der Waals surface area contributed by atoms with Gasteiger partial charge in [-0.2, -0.15) is 0 Å². The van der Waals surface area contributed by atoms with Gasteiger partial charge in [0.1, 0.15) is 11.5 Å². The summed E-state index contributed by atoms with van der Waals surface area (Å²) in [5, 5.41) is 23.4. The summed E-state index contributed by atoms with van der Waals surface area (Å²) in [7, 11) is 0. The summed E-state index contributed by atoms with van der Waals surface area (Å²) >= 11 is 12.0. The second-order valence-electron chi connectivity index (χ2n) is 4.23. The maximum atomic E-state index is 9.80. The number of halogens is 2. The lowest BCUT2D eigenvalue weighted by atomic mass is 10.1. The fraction of sp³-hybridized carbons (Fsp3) is 0.143. The molecule has 2 aromatic carbocycles. The Morgan fingerprint density at radius 1 is 1.05 bits per heavy atom. The Hall–Kier alpha value is -1.58.